The molecule has 0 fully saturated rings. The second kappa shape index (κ2) is 28.5. The predicted molar refractivity (Wildman–Crippen MR) is 340 cm³/mol. The van der Waals surface area contributed by atoms with Gasteiger partial charge < -0.3 is 19.9 Å². The second-order valence-electron chi connectivity index (χ2n) is 23.1. The van der Waals surface area contributed by atoms with E-state index >= 15 is 0 Å². The van der Waals surface area contributed by atoms with E-state index in [1.165, 1.54) is 4.90 Å². The van der Waals surface area contributed by atoms with Crippen LogP contribution in [-0.2, 0) is 48.2 Å². The fraction of sp³-hybridized carbons (Fsp3) is 0.282. The monoisotopic (exact) mass is 1160 g/mol. The van der Waals surface area contributed by atoms with Crippen molar-refractivity contribution in [3.05, 3.63) is 257 Å². The number of allylic oxidation sites excluding steroid dienone is 1. The van der Waals surface area contributed by atoms with Gasteiger partial charge in [-0.1, -0.05) is 234 Å². The van der Waals surface area contributed by atoms with Gasteiger partial charge in [0.2, 0.25) is 5.91 Å². The van der Waals surface area contributed by atoms with Crippen LogP contribution in [0.2, 0.25) is 25.7 Å². The third-order valence-corrected chi connectivity index (χ3v) is 18.7. The summed E-state index contributed by atoms with van der Waals surface area (Å²) in [5.41, 5.74) is 9.91. The van der Waals surface area contributed by atoms with Gasteiger partial charge in [0.1, 0.15) is 12.6 Å². The number of hydrogen-bond acceptors (Lipinski definition) is 9. The Morgan fingerprint density at radius 2 is 1.24 bits per heavy atom. The van der Waals surface area contributed by atoms with Gasteiger partial charge in [-0.3, -0.25) is 24.4 Å². The predicted octanol–water partition coefficient (Wildman–Crippen LogP) is 14.5. The molecule has 0 bridgehead atoms. The van der Waals surface area contributed by atoms with Crippen LogP contribution in [0.3, 0.4) is 0 Å². The molecule has 1 aliphatic rings. The molecule has 8 aromatic rings. The number of pyridine rings is 1. The number of nitrogens with one attached hydrogen (secondary N) is 1. The lowest BCUT2D eigenvalue weighted by Crippen LogP contribution is -2.54. The number of carbonyl (C=O) groups is 4. The number of amides is 2. The van der Waals surface area contributed by atoms with Crippen LogP contribution in [0.1, 0.15) is 77.4 Å². The molecule has 84 heavy (non-hydrogen) atoms. The summed E-state index contributed by atoms with van der Waals surface area (Å²) in [6.45, 7) is 11.6. The number of nitrogens with zero attached hydrogens (tertiary/aromatic N) is 3. The molecule has 2 amide bonds. The number of ether oxygens (including phenoxy) is 2. The van der Waals surface area contributed by atoms with Gasteiger partial charge in [0, 0.05) is 27.1 Å². The van der Waals surface area contributed by atoms with E-state index in [9.17, 15) is 24.3 Å². The summed E-state index contributed by atoms with van der Waals surface area (Å²) in [7, 11) is -1.43. The Labute approximate surface area is 500 Å². The Balaban J connectivity index is 0.972. The quantitative estimate of drug-likeness (QED) is 0.0168. The van der Waals surface area contributed by atoms with Crippen molar-refractivity contribution in [1.29, 1.82) is 0 Å². The summed E-state index contributed by atoms with van der Waals surface area (Å²) >= 11 is 1.79. The van der Waals surface area contributed by atoms with Crippen LogP contribution in [0.15, 0.2) is 212 Å². The largest absolute Gasteiger partial charge is 0.480 e. The van der Waals surface area contributed by atoms with Gasteiger partial charge in [0.05, 0.1) is 48.3 Å². The van der Waals surface area contributed by atoms with Crippen LogP contribution >= 0.6 is 11.8 Å². The summed E-state index contributed by atoms with van der Waals surface area (Å²) in [6, 6.07) is 66.0. The number of rotatable bonds is 27. The number of benzene rings is 7. The first-order valence-corrected chi connectivity index (χ1v) is 33.8. The molecular weight excluding hydrogens is 1080 g/mol. The van der Waals surface area contributed by atoms with Crippen molar-refractivity contribution in [2.75, 3.05) is 25.5 Å². The minimum Gasteiger partial charge on any atom is -0.480 e. The van der Waals surface area contributed by atoms with E-state index in [4.69, 9.17) is 14.5 Å². The molecule has 1 aliphatic carbocycles. The van der Waals surface area contributed by atoms with Crippen LogP contribution < -0.4 is 5.32 Å². The summed E-state index contributed by atoms with van der Waals surface area (Å²) < 4.78 is 11.5. The summed E-state index contributed by atoms with van der Waals surface area (Å²) in [5, 5.41) is 16.2. The van der Waals surface area contributed by atoms with Gasteiger partial charge in [-0.05, 0) is 91.5 Å². The van der Waals surface area contributed by atoms with Crippen LogP contribution in [0, 0.1) is 5.92 Å². The number of carboxylic acids is 1. The van der Waals surface area contributed by atoms with Crippen molar-refractivity contribution in [2.24, 2.45) is 5.92 Å². The first-order chi connectivity index (χ1) is 40.7. The van der Waals surface area contributed by atoms with Crippen LogP contribution in [-0.4, -0.2) is 89.5 Å². The van der Waals surface area contributed by atoms with E-state index in [-0.39, 0.29) is 38.0 Å². The summed E-state index contributed by atoms with van der Waals surface area (Å²) in [4.78, 5) is 64.6. The fourth-order valence-corrected chi connectivity index (χ4v) is 13.5. The molecule has 7 aromatic carbocycles. The third kappa shape index (κ3) is 15.2. The van der Waals surface area contributed by atoms with Gasteiger partial charge in [0.25, 0.3) is 0 Å². The highest BCUT2D eigenvalue weighted by atomic mass is 32.2. The molecule has 2 atom stereocenters. The highest BCUT2D eigenvalue weighted by Crippen LogP contribution is 2.49. The maximum atomic E-state index is 15.0. The van der Waals surface area contributed by atoms with E-state index in [1.54, 1.807) is 31.7 Å². The van der Waals surface area contributed by atoms with Gasteiger partial charge in [-0.15, -0.1) is 11.8 Å². The van der Waals surface area contributed by atoms with E-state index < -0.39 is 48.8 Å². The average molecular weight is 1160 g/mol. The molecule has 11 nitrogen and oxygen atoms in total. The zero-order chi connectivity index (χ0) is 59.1. The molecule has 0 saturated heterocycles. The number of carboxylic acid groups (broad SMARTS) is 1. The summed E-state index contributed by atoms with van der Waals surface area (Å²) in [6.07, 6.45) is 3.20. The number of esters is 1. The zero-order valence-corrected chi connectivity index (χ0v) is 50.6. The minimum absolute atomic E-state index is 0.0330. The highest BCUT2D eigenvalue weighted by molar-refractivity contribution is 8.00. The molecule has 432 valence electrons. The van der Waals surface area contributed by atoms with Gasteiger partial charge in [0.15, 0.2) is 0 Å². The maximum Gasteiger partial charge on any atom is 0.411 e. The van der Waals surface area contributed by atoms with E-state index in [0.717, 1.165) is 61.3 Å². The molecule has 0 aliphatic heterocycles. The molecule has 0 radical (unpaired) electrons. The number of thioether (sulfide) groups is 1. The van der Waals surface area contributed by atoms with Crippen molar-refractivity contribution >= 4 is 54.5 Å². The molecule has 13 heteroatoms. The smallest absolute Gasteiger partial charge is 0.411 e. The van der Waals surface area contributed by atoms with Crippen molar-refractivity contribution in [1.82, 2.24) is 20.1 Å². The van der Waals surface area contributed by atoms with Crippen LogP contribution in [0.5, 0.6) is 0 Å². The van der Waals surface area contributed by atoms with E-state index in [2.05, 4.69) is 134 Å². The molecule has 2 N–H and O–H groups in total. The van der Waals surface area contributed by atoms with Crippen molar-refractivity contribution in [3.63, 3.8) is 0 Å². The Morgan fingerprint density at radius 1 is 0.679 bits per heavy atom. The molecule has 9 rings (SSSR count). The van der Waals surface area contributed by atoms with Crippen LogP contribution in [0.4, 0.5) is 4.79 Å². The first kappa shape index (κ1) is 60.5. The SMILES string of the molecule is CC(C)[C@H](C(=O)O)N(C(=O)OCC1c2ccccc2-c2ccccc21)C(/C=C/CCSC(c1ccccc1)(c1ccccc1)c1ccccc1)CC(=O)NCc1cccc(CN(CC(=O)OCC[Si](C)(C)C)Cc2cccc3ccccc23)n1. The lowest BCUT2D eigenvalue weighted by molar-refractivity contribution is -0.146. The minimum atomic E-state index is -1.43. The van der Waals surface area contributed by atoms with Crippen molar-refractivity contribution in [3.8, 4) is 11.1 Å². The van der Waals surface area contributed by atoms with E-state index in [0.29, 0.717) is 43.3 Å². The number of aromatic nitrogens is 1. The van der Waals surface area contributed by atoms with Gasteiger partial charge in [-0.25, -0.2) is 9.59 Å². The van der Waals surface area contributed by atoms with Gasteiger partial charge >= 0.3 is 18.0 Å². The fourth-order valence-electron chi connectivity index (χ4n) is 11.3. The summed E-state index contributed by atoms with van der Waals surface area (Å²) in [5.74, 6) is -2.12. The van der Waals surface area contributed by atoms with Gasteiger partial charge in [-0.2, -0.15) is 0 Å². The number of hydrogen-bond donors (Lipinski definition) is 2. The number of fused-ring (bicyclic) bond motifs is 4. The molecule has 0 saturated carbocycles. The average Bonchev–Trinajstić information content (AvgIpc) is 2.67. The molecule has 0 spiro atoms. The van der Waals surface area contributed by atoms with Crippen molar-refractivity contribution < 1.29 is 33.8 Å². The molecule has 1 aromatic heterocycles. The lowest BCUT2D eigenvalue weighted by atomic mass is 9.84. The Kier molecular flexibility index (Phi) is 20.5. The number of aliphatic carboxylic acids is 1. The maximum absolute atomic E-state index is 15.0. The molecule has 1 heterocycles. The number of carbonyl (C=O) groups excluding carboxylic acids is 3. The Morgan fingerprint density at radius 3 is 1.85 bits per heavy atom. The highest BCUT2D eigenvalue weighted by Gasteiger charge is 2.40. The van der Waals surface area contributed by atoms with Crippen LogP contribution in [0.25, 0.3) is 21.9 Å². The topological polar surface area (TPSA) is 138 Å². The second-order valence-corrected chi connectivity index (χ2v) is 30.0. The lowest BCUT2D eigenvalue weighted by Gasteiger charge is -2.36. The standard InChI is InChI=1S/C71H76N4O7SSi/c1-51(2)68(69(78)79)75(70(80)82-50-65-63-40-19-17-38-61(63)62-39-18-20-41-64(62)65)59(36-21-22-43-83-71(54-28-9-6-10-29-54,55-30-11-7-12-31-55)56-32-13-8-14-33-56)45-66(76)72-46-57-34-24-35-58(73-57)48-74(49-67(77)81-42-44-84(3,4)5)47-53-27-23-26-52-25-15-16-37-60(52)53/h6-21,23-41,51,59,65,68H,22,42-50H2,1-5H3,(H,72,76)(H,78,79)/b36-21+/t59?,68-/m1/s1. The zero-order valence-electron chi connectivity index (χ0n) is 48.7. The van der Waals surface area contributed by atoms with Crippen molar-refractivity contribution in [2.45, 2.75) is 94.8 Å². The Bertz CT molecular complexity index is 3390. The first-order valence-electron chi connectivity index (χ1n) is 29.1. The van der Waals surface area contributed by atoms with E-state index in [1.807, 2.05) is 102 Å². The molecule has 1 unspecified atom stereocenters. The third-order valence-electron chi connectivity index (χ3n) is 15.4. The Hall–Kier alpha value is -8.10. The normalized spacial score (nSPS) is 13.1. The molecular formula is C71H76N4O7SSi.